The molecule has 2 atom stereocenters. The molecule has 1 aliphatic heterocycles. The van der Waals surface area contributed by atoms with E-state index in [1.807, 2.05) is 27.1 Å². The lowest BCUT2D eigenvalue weighted by Crippen LogP contribution is -2.35. The van der Waals surface area contributed by atoms with Crippen molar-refractivity contribution in [1.29, 1.82) is 0 Å². The molecule has 0 unspecified atom stereocenters. The zero-order valence-electron chi connectivity index (χ0n) is 18.2. The zero-order chi connectivity index (χ0) is 22.6. The lowest BCUT2D eigenvalue weighted by Gasteiger charge is -2.36. The van der Waals surface area contributed by atoms with Gasteiger partial charge in [0.25, 0.3) is 0 Å². The van der Waals surface area contributed by atoms with Gasteiger partial charge in [-0.2, -0.15) is 18.3 Å². The van der Waals surface area contributed by atoms with Crippen molar-refractivity contribution < 1.29 is 17.9 Å². The van der Waals surface area contributed by atoms with E-state index >= 15 is 0 Å². The van der Waals surface area contributed by atoms with Crippen molar-refractivity contribution in [1.82, 2.24) is 29.7 Å². The van der Waals surface area contributed by atoms with Gasteiger partial charge in [0.05, 0.1) is 35.3 Å². The molecule has 4 heterocycles. The van der Waals surface area contributed by atoms with Crippen LogP contribution in [-0.2, 0) is 11.8 Å². The number of hydrogen-bond acceptors (Lipinski definition) is 6. The van der Waals surface area contributed by atoms with Gasteiger partial charge in [-0.15, -0.1) is 0 Å². The second kappa shape index (κ2) is 7.75. The fraction of sp³-hybridized carbons (Fsp3) is 0.591. The molecular formula is C22H25F3N6O. The van der Waals surface area contributed by atoms with Crippen molar-refractivity contribution in [2.75, 3.05) is 6.61 Å². The van der Waals surface area contributed by atoms with Crippen LogP contribution in [0.2, 0.25) is 0 Å². The standard InChI is InChI=1S/C22H25F3N6O/c1-11-12(2)28-21-19(27-11)18(14-6-16(7-14)22(23,24)25)29-20(30-21)13-4-5-32-17(8-13)15-9-26-31(3)10-15/h9-10,13-14,16-17H,4-8H2,1-3H3/t13-,14?,16?,17-/m1/s1. The van der Waals surface area contributed by atoms with Crippen LogP contribution in [0.15, 0.2) is 12.4 Å². The van der Waals surface area contributed by atoms with Gasteiger partial charge in [-0.3, -0.25) is 4.68 Å². The van der Waals surface area contributed by atoms with Gasteiger partial charge in [-0.25, -0.2) is 19.9 Å². The minimum Gasteiger partial charge on any atom is -0.373 e. The summed E-state index contributed by atoms with van der Waals surface area (Å²) in [5.74, 6) is -0.911. The van der Waals surface area contributed by atoms with E-state index in [1.54, 1.807) is 10.9 Å². The fourth-order valence-corrected chi connectivity index (χ4v) is 4.60. The van der Waals surface area contributed by atoms with Crippen LogP contribution in [0.1, 0.15) is 72.1 Å². The molecule has 2 aliphatic rings. The summed E-state index contributed by atoms with van der Waals surface area (Å²) < 4.78 is 47.0. The summed E-state index contributed by atoms with van der Waals surface area (Å²) in [6.45, 7) is 4.26. The van der Waals surface area contributed by atoms with E-state index in [0.29, 0.717) is 35.7 Å². The topological polar surface area (TPSA) is 78.6 Å². The Balaban J connectivity index is 1.50. The molecular weight excluding hydrogens is 421 g/mol. The Morgan fingerprint density at radius 1 is 1.00 bits per heavy atom. The first-order valence-corrected chi connectivity index (χ1v) is 10.9. The Kier molecular flexibility index (Phi) is 5.15. The molecule has 7 nitrogen and oxygen atoms in total. The summed E-state index contributed by atoms with van der Waals surface area (Å²) in [6.07, 6.45) is 0.949. The maximum Gasteiger partial charge on any atom is 0.391 e. The lowest BCUT2D eigenvalue weighted by molar-refractivity contribution is -0.197. The molecule has 170 valence electrons. The number of aryl methyl sites for hydroxylation is 3. The van der Waals surface area contributed by atoms with E-state index < -0.39 is 12.1 Å². The first kappa shape index (κ1) is 21.2. The van der Waals surface area contributed by atoms with Gasteiger partial charge >= 0.3 is 6.18 Å². The zero-order valence-corrected chi connectivity index (χ0v) is 18.2. The van der Waals surface area contributed by atoms with Crippen molar-refractivity contribution >= 4 is 11.2 Å². The van der Waals surface area contributed by atoms with Gasteiger partial charge < -0.3 is 4.74 Å². The molecule has 0 N–H and O–H groups in total. The summed E-state index contributed by atoms with van der Waals surface area (Å²) in [4.78, 5) is 18.7. The van der Waals surface area contributed by atoms with Crippen LogP contribution in [0.25, 0.3) is 11.2 Å². The Morgan fingerprint density at radius 2 is 1.75 bits per heavy atom. The molecule has 0 amide bonds. The minimum absolute atomic E-state index is 0.0269. The van der Waals surface area contributed by atoms with E-state index in [-0.39, 0.29) is 30.8 Å². The van der Waals surface area contributed by atoms with E-state index in [9.17, 15) is 13.2 Å². The van der Waals surface area contributed by atoms with Crippen LogP contribution >= 0.6 is 0 Å². The van der Waals surface area contributed by atoms with Gasteiger partial charge in [-0.05, 0) is 39.5 Å². The van der Waals surface area contributed by atoms with Gasteiger partial charge in [0.2, 0.25) is 0 Å². The Bertz CT molecular complexity index is 1150. The van der Waals surface area contributed by atoms with Crippen LogP contribution in [-0.4, -0.2) is 42.5 Å². The van der Waals surface area contributed by atoms with Gasteiger partial charge in [0.15, 0.2) is 5.65 Å². The number of fused-ring (bicyclic) bond motifs is 1. The Morgan fingerprint density at radius 3 is 2.44 bits per heavy atom. The van der Waals surface area contributed by atoms with Gasteiger partial charge in [0.1, 0.15) is 11.3 Å². The monoisotopic (exact) mass is 446 g/mol. The van der Waals surface area contributed by atoms with Gasteiger partial charge in [-0.1, -0.05) is 0 Å². The lowest BCUT2D eigenvalue weighted by atomic mass is 9.72. The Labute approximate surface area is 183 Å². The molecule has 0 spiro atoms. The van der Waals surface area contributed by atoms with Crippen LogP contribution < -0.4 is 0 Å². The summed E-state index contributed by atoms with van der Waals surface area (Å²) in [7, 11) is 1.86. The highest BCUT2D eigenvalue weighted by Gasteiger charge is 2.49. The first-order chi connectivity index (χ1) is 15.2. The van der Waals surface area contributed by atoms with E-state index in [0.717, 1.165) is 23.4 Å². The molecule has 10 heteroatoms. The number of aromatic nitrogens is 6. The predicted molar refractivity (Wildman–Crippen MR) is 110 cm³/mol. The van der Waals surface area contributed by atoms with E-state index in [1.165, 1.54) is 0 Å². The molecule has 5 rings (SSSR count). The molecule has 1 aliphatic carbocycles. The van der Waals surface area contributed by atoms with Crippen LogP contribution in [0, 0.1) is 19.8 Å². The third kappa shape index (κ3) is 3.85. The second-order valence-electron chi connectivity index (χ2n) is 8.97. The number of hydrogen-bond donors (Lipinski definition) is 0. The molecule has 3 aromatic rings. The molecule has 1 saturated carbocycles. The third-order valence-electron chi connectivity index (χ3n) is 6.72. The van der Waals surface area contributed by atoms with Crippen molar-refractivity contribution in [3.63, 3.8) is 0 Å². The van der Waals surface area contributed by atoms with Crippen LogP contribution in [0.5, 0.6) is 0 Å². The fourth-order valence-electron chi connectivity index (χ4n) is 4.60. The predicted octanol–water partition coefficient (Wildman–Crippen LogP) is 4.46. The highest BCUT2D eigenvalue weighted by atomic mass is 19.4. The van der Waals surface area contributed by atoms with Crippen molar-refractivity contribution in [3.8, 4) is 0 Å². The molecule has 0 bridgehead atoms. The number of nitrogens with zero attached hydrogens (tertiary/aromatic N) is 6. The molecule has 0 aromatic carbocycles. The minimum atomic E-state index is -4.17. The number of rotatable bonds is 3. The quantitative estimate of drug-likeness (QED) is 0.591. The highest BCUT2D eigenvalue weighted by molar-refractivity contribution is 5.73. The smallest absolute Gasteiger partial charge is 0.373 e. The third-order valence-corrected chi connectivity index (χ3v) is 6.72. The van der Waals surface area contributed by atoms with E-state index in [4.69, 9.17) is 14.7 Å². The summed E-state index contributed by atoms with van der Waals surface area (Å²) in [5.41, 5.74) is 4.09. The molecule has 1 saturated heterocycles. The average Bonchev–Trinajstić information content (AvgIpc) is 3.13. The second-order valence-corrected chi connectivity index (χ2v) is 8.97. The summed E-state index contributed by atoms with van der Waals surface area (Å²) >= 11 is 0. The summed E-state index contributed by atoms with van der Waals surface area (Å²) in [5, 5.41) is 4.23. The largest absolute Gasteiger partial charge is 0.391 e. The van der Waals surface area contributed by atoms with Crippen LogP contribution in [0.4, 0.5) is 13.2 Å². The maximum absolute atomic E-state index is 13.1. The van der Waals surface area contributed by atoms with E-state index in [2.05, 4.69) is 15.1 Å². The molecule has 32 heavy (non-hydrogen) atoms. The average molecular weight is 446 g/mol. The van der Waals surface area contributed by atoms with Crippen molar-refractivity contribution in [3.05, 3.63) is 40.9 Å². The first-order valence-electron chi connectivity index (χ1n) is 10.9. The molecule has 0 radical (unpaired) electrons. The van der Waals surface area contributed by atoms with Gasteiger partial charge in [0, 0.05) is 37.3 Å². The number of alkyl halides is 3. The SMILES string of the molecule is Cc1nc2nc([C@@H]3CCO[C@@H](c4cnn(C)c4)C3)nc(C3CC(C(F)(F)F)C3)c2nc1C. The number of halogens is 3. The number of ether oxygens (including phenoxy) is 1. The van der Waals surface area contributed by atoms with Crippen LogP contribution in [0.3, 0.4) is 0 Å². The van der Waals surface area contributed by atoms with Crippen molar-refractivity contribution in [2.45, 2.75) is 63.6 Å². The molecule has 2 fully saturated rings. The Hall–Kier alpha value is -2.62. The molecule has 3 aromatic heterocycles. The highest BCUT2D eigenvalue weighted by Crippen LogP contribution is 2.50. The normalized spacial score (nSPS) is 26.3. The van der Waals surface area contributed by atoms with Crippen molar-refractivity contribution in [2.24, 2.45) is 13.0 Å². The maximum atomic E-state index is 13.1. The summed E-state index contributed by atoms with van der Waals surface area (Å²) in [6, 6.07) is 0.